The van der Waals surface area contributed by atoms with Gasteiger partial charge in [0.05, 0.1) is 6.04 Å². The summed E-state index contributed by atoms with van der Waals surface area (Å²) in [4.78, 5) is 0. The summed E-state index contributed by atoms with van der Waals surface area (Å²) in [6.45, 7) is 6.96. The summed E-state index contributed by atoms with van der Waals surface area (Å²) >= 11 is 0. The number of rotatable bonds is 4. The zero-order valence-corrected chi connectivity index (χ0v) is 12.3. The number of hydrogen-bond acceptors (Lipinski definition) is 2. The van der Waals surface area contributed by atoms with E-state index in [1.807, 2.05) is 0 Å². The van der Waals surface area contributed by atoms with Crippen LogP contribution in [0.25, 0.3) is 0 Å². The molecule has 0 aliphatic heterocycles. The van der Waals surface area contributed by atoms with Gasteiger partial charge in [-0.05, 0) is 43.4 Å². The smallest absolute Gasteiger partial charge is 0.121 e. The van der Waals surface area contributed by atoms with Gasteiger partial charge in [0.1, 0.15) is 11.5 Å². The molecular weight excluding hydrogens is 222 g/mol. The monoisotopic (exact) mass is 249 g/mol. The van der Waals surface area contributed by atoms with Crippen molar-refractivity contribution in [3.8, 4) is 0 Å². The van der Waals surface area contributed by atoms with E-state index in [-0.39, 0.29) is 0 Å². The van der Waals surface area contributed by atoms with Crippen LogP contribution in [-0.4, -0.2) is 7.05 Å². The second-order valence-electron chi connectivity index (χ2n) is 6.26. The summed E-state index contributed by atoms with van der Waals surface area (Å²) in [7, 11) is 2.06. The Kier molecular flexibility index (Phi) is 4.16. The maximum atomic E-state index is 5.97. The second-order valence-corrected chi connectivity index (χ2v) is 6.26. The molecule has 1 fully saturated rings. The third kappa shape index (κ3) is 2.64. The van der Waals surface area contributed by atoms with E-state index in [1.54, 1.807) is 0 Å². The van der Waals surface area contributed by atoms with Crippen LogP contribution in [0.1, 0.15) is 64.0 Å². The van der Waals surface area contributed by atoms with Crippen molar-refractivity contribution >= 4 is 0 Å². The van der Waals surface area contributed by atoms with Crippen LogP contribution in [0.4, 0.5) is 0 Å². The van der Waals surface area contributed by atoms with E-state index in [0.717, 1.165) is 17.9 Å². The molecule has 2 rings (SSSR count). The lowest BCUT2D eigenvalue weighted by Gasteiger charge is -2.42. The van der Waals surface area contributed by atoms with Crippen molar-refractivity contribution in [3.05, 3.63) is 23.7 Å². The van der Waals surface area contributed by atoms with Crippen molar-refractivity contribution in [2.75, 3.05) is 7.05 Å². The van der Waals surface area contributed by atoms with E-state index in [9.17, 15) is 0 Å². The maximum Gasteiger partial charge on any atom is 0.121 e. The summed E-state index contributed by atoms with van der Waals surface area (Å²) in [5.74, 6) is 2.89. The number of aryl methyl sites for hydroxylation is 1. The molecule has 0 aromatic carbocycles. The van der Waals surface area contributed by atoms with Gasteiger partial charge in [0.15, 0.2) is 0 Å². The van der Waals surface area contributed by atoms with Crippen molar-refractivity contribution in [1.82, 2.24) is 5.32 Å². The lowest BCUT2D eigenvalue weighted by molar-refractivity contribution is 0.0920. The Morgan fingerprint density at radius 2 is 2.17 bits per heavy atom. The molecule has 0 saturated heterocycles. The summed E-state index contributed by atoms with van der Waals surface area (Å²) in [6, 6.07) is 4.64. The van der Waals surface area contributed by atoms with Crippen LogP contribution in [-0.2, 0) is 6.42 Å². The van der Waals surface area contributed by atoms with Gasteiger partial charge >= 0.3 is 0 Å². The topological polar surface area (TPSA) is 25.2 Å². The second kappa shape index (κ2) is 5.48. The molecule has 102 valence electrons. The van der Waals surface area contributed by atoms with Gasteiger partial charge in [-0.1, -0.05) is 33.6 Å². The first-order valence-corrected chi connectivity index (χ1v) is 7.34. The predicted molar refractivity (Wildman–Crippen MR) is 75.6 cm³/mol. The number of nitrogens with one attached hydrogen (secondary N) is 1. The molecule has 0 spiro atoms. The number of furan rings is 1. The Balaban J connectivity index is 2.21. The molecule has 0 bridgehead atoms. The molecule has 1 N–H and O–H groups in total. The Morgan fingerprint density at radius 1 is 1.39 bits per heavy atom. The Hall–Kier alpha value is -0.760. The highest BCUT2D eigenvalue weighted by Crippen LogP contribution is 2.46. The summed E-state index contributed by atoms with van der Waals surface area (Å²) in [5, 5.41) is 3.49. The van der Waals surface area contributed by atoms with Gasteiger partial charge in [0, 0.05) is 6.42 Å². The average molecular weight is 249 g/mol. The fourth-order valence-electron chi connectivity index (χ4n) is 3.43. The minimum Gasteiger partial charge on any atom is -0.464 e. The fraction of sp³-hybridized carbons (Fsp3) is 0.750. The molecule has 2 nitrogen and oxygen atoms in total. The third-order valence-electron chi connectivity index (χ3n) is 4.64. The van der Waals surface area contributed by atoms with E-state index in [0.29, 0.717) is 17.4 Å². The minimum atomic E-state index is 0.362. The highest BCUT2D eigenvalue weighted by atomic mass is 16.3. The van der Waals surface area contributed by atoms with E-state index in [4.69, 9.17) is 4.42 Å². The normalized spacial score (nSPS) is 25.0. The predicted octanol–water partition coefficient (Wildman–Crippen LogP) is 4.32. The van der Waals surface area contributed by atoms with Crippen LogP contribution in [0.5, 0.6) is 0 Å². The molecule has 1 aromatic rings. The molecule has 18 heavy (non-hydrogen) atoms. The molecule has 1 aliphatic rings. The standard InChI is InChI=1S/C16H27NO/c1-5-12-9-10-14(18-12)15(17-4)13-8-6-7-11-16(13,2)3/h9-10,13,15,17H,5-8,11H2,1-4H3. The van der Waals surface area contributed by atoms with Gasteiger partial charge < -0.3 is 9.73 Å². The number of hydrogen-bond donors (Lipinski definition) is 1. The summed E-state index contributed by atoms with van der Waals surface area (Å²) in [5.41, 5.74) is 0.408. The largest absolute Gasteiger partial charge is 0.464 e. The quantitative estimate of drug-likeness (QED) is 0.859. The van der Waals surface area contributed by atoms with Crippen LogP contribution < -0.4 is 5.32 Å². The zero-order valence-electron chi connectivity index (χ0n) is 12.3. The van der Waals surface area contributed by atoms with Crippen LogP contribution in [0, 0.1) is 11.3 Å². The van der Waals surface area contributed by atoms with E-state index in [1.165, 1.54) is 25.7 Å². The van der Waals surface area contributed by atoms with Crippen molar-refractivity contribution < 1.29 is 4.42 Å². The molecule has 1 saturated carbocycles. The molecule has 1 aliphatic carbocycles. The van der Waals surface area contributed by atoms with Gasteiger partial charge in [-0.15, -0.1) is 0 Å². The van der Waals surface area contributed by atoms with Gasteiger partial charge in [-0.2, -0.15) is 0 Å². The average Bonchev–Trinajstić information content (AvgIpc) is 2.80. The van der Waals surface area contributed by atoms with Crippen LogP contribution >= 0.6 is 0 Å². The van der Waals surface area contributed by atoms with E-state index in [2.05, 4.69) is 45.3 Å². The van der Waals surface area contributed by atoms with Crippen LogP contribution in [0.3, 0.4) is 0 Å². The maximum absolute atomic E-state index is 5.97. The molecule has 2 unspecified atom stereocenters. The van der Waals surface area contributed by atoms with Crippen LogP contribution in [0.2, 0.25) is 0 Å². The summed E-state index contributed by atoms with van der Waals surface area (Å²) in [6.07, 6.45) is 6.34. The van der Waals surface area contributed by atoms with E-state index < -0.39 is 0 Å². The lowest BCUT2D eigenvalue weighted by atomic mass is 9.65. The van der Waals surface area contributed by atoms with Crippen molar-refractivity contribution in [3.63, 3.8) is 0 Å². The van der Waals surface area contributed by atoms with Gasteiger partial charge in [0.2, 0.25) is 0 Å². The van der Waals surface area contributed by atoms with Gasteiger partial charge in [-0.3, -0.25) is 0 Å². The van der Waals surface area contributed by atoms with Gasteiger partial charge in [-0.25, -0.2) is 0 Å². The van der Waals surface area contributed by atoms with E-state index >= 15 is 0 Å². The SMILES string of the molecule is CCc1ccc(C(NC)C2CCCCC2(C)C)o1. The first-order valence-electron chi connectivity index (χ1n) is 7.34. The van der Waals surface area contributed by atoms with Crippen LogP contribution in [0.15, 0.2) is 16.5 Å². The molecule has 0 amide bonds. The van der Waals surface area contributed by atoms with Crippen molar-refractivity contribution in [1.29, 1.82) is 0 Å². The zero-order chi connectivity index (χ0) is 13.2. The first-order chi connectivity index (χ1) is 8.58. The highest BCUT2D eigenvalue weighted by molar-refractivity contribution is 5.13. The van der Waals surface area contributed by atoms with Crippen molar-refractivity contribution in [2.45, 2.75) is 58.9 Å². The molecule has 1 heterocycles. The molecule has 1 aromatic heterocycles. The first kappa shape index (κ1) is 13.7. The Labute approximate surface area is 111 Å². The highest BCUT2D eigenvalue weighted by Gasteiger charge is 2.38. The minimum absolute atomic E-state index is 0.362. The van der Waals surface area contributed by atoms with Gasteiger partial charge in [0.25, 0.3) is 0 Å². The molecular formula is C16H27NO. The summed E-state index contributed by atoms with van der Waals surface area (Å²) < 4.78 is 5.97. The Bertz CT molecular complexity index is 380. The lowest BCUT2D eigenvalue weighted by Crippen LogP contribution is -2.37. The molecule has 0 radical (unpaired) electrons. The Morgan fingerprint density at radius 3 is 2.72 bits per heavy atom. The molecule has 2 heteroatoms. The van der Waals surface area contributed by atoms with Crippen molar-refractivity contribution in [2.24, 2.45) is 11.3 Å². The third-order valence-corrected chi connectivity index (χ3v) is 4.64. The fourth-order valence-corrected chi connectivity index (χ4v) is 3.43. The molecule has 2 atom stereocenters.